The first-order chi connectivity index (χ1) is 15.2. The molecule has 5 N–H and O–H groups in total. The molecule has 1 unspecified atom stereocenters. The molecule has 1 fully saturated rings. The highest BCUT2D eigenvalue weighted by atomic mass is 35.5. The van der Waals surface area contributed by atoms with Crippen LogP contribution < -0.4 is 21.7 Å². The van der Waals surface area contributed by atoms with Gasteiger partial charge in [-0.15, -0.1) is 0 Å². The Hall–Kier alpha value is -2.78. The molecule has 1 aliphatic heterocycles. The number of nitrogens with one attached hydrogen (secondary N) is 3. The predicted octanol–water partition coefficient (Wildman–Crippen LogP) is 2.25. The number of anilines is 1. The number of aromatic nitrogens is 1. The molecule has 0 radical (unpaired) electrons. The molecule has 1 saturated heterocycles. The molecule has 2 aromatic rings. The average Bonchev–Trinajstić information content (AvgIpc) is 3.22. The number of carbonyl (C=O) groups is 2. The van der Waals surface area contributed by atoms with E-state index in [0.29, 0.717) is 30.8 Å². The standard InChI is InChI=1S/C22H26ClF2N5O2/c1-11-15(4-6-18(26)29-11)10-28-21(31)12(2)30-22(32)17-8-13(9-27-17)7-14-3-5-16(24)19(23)20(14)25/h3-6,12-13,17,27H,7-10H2,1-2H3,(H2,26,29)(H,28,31)(H,30,32)/t12-,13?,17+/m0/s1. The molecular formula is C22H26ClF2N5O2. The monoisotopic (exact) mass is 465 g/mol. The number of halogens is 3. The predicted molar refractivity (Wildman–Crippen MR) is 118 cm³/mol. The van der Waals surface area contributed by atoms with E-state index in [1.165, 1.54) is 6.07 Å². The Morgan fingerprint density at radius 3 is 2.72 bits per heavy atom. The molecule has 3 rings (SSSR count). The Balaban J connectivity index is 1.48. The number of nitrogens with zero attached hydrogens (tertiary/aromatic N) is 1. The van der Waals surface area contributed by atoms with Crippen LogP contribution in [0.5, 0.6) is 0 Å². The Bertz CT molecular complexity index is 1020. The number of nitrogens with two attached hydrogens (primary N) is 1. The Morgan fingerprint density at radius 2 is 2.00 bits per heavy atom. The molecule has 1 aromatic heterocycles. The molecule has 10 heteroatoms. The summed E-state index contributed by atoms with van der Waals surface area (Å²) in [4.78, 5) is 29.1. The van der Waals surface area contributed by atoms with Gasteiger partial charge in [0, 0.05) is 12.2 Å². The minimum atomic E-state index is -0.801. The van der Waals surface area contributed by atoms with Crippen molar-refractivity contribution >= 4 is 29.2 Å². The Kier molecular flexibility index (Phi) is 7.63. The van der Waals surface area contributed by atoms with Crippen molar-refractivity contribution < 1.29 is 18.4 Å². The first-order valence-corrected chi connectivity index (χ1v) is 10.7. The van der Waals surface area contributed by atoms with E-state index in [2.05, 4.69) is 20.9 Å². The maximum Gasteiger partial charge on any atom is 0.242 e. The highest BCUT2D eigenvalue weighted by Crippen LogP contribution is 2.26. The van der Waals surface area contributed by atoms with Crippen molar-refractivity contribution in [3.8, 4) is 0 Å². The number of carbonyl (C=O) groups excluding carboxylic acids is 2. The second-order valence-electron chi connectivity index (χ2n) is 8.03. The van der Waals surface area contributed by atoms with Gasteiger partial charge in [-0.25, -0.2) is 13.8 Å². The van der Waals surface area contributed by atoms with Gasteiger partial charge >= 0.3 is 0 Å². The number of hydrogen-bond acceptors (Lipinski definition) is 5. The van der Waals surface area contributed by atoms with Crippen LogP contribution >= 0.6 is 11.6 Å². The molecular weight excluding hydrogens is 440 g/mol. The fourth-order valence-corrected chi connectivity index (χ4v) is 3.89. The first kappa shape index (κ1) is 23.9. The number of rotatable bonds is 7. The van der Waals surface area contributed by atoms with Crippen LogP contribution in [0.4, 0.5) is 14.6 Å². The SMILES string of the molecule is Cc1nc(N)ccc1CNC(=O)[C@H](C)NC(=O)[C@H]1CC(Cc2ccc(F)c(Cl)c2F)CN1. The molecule has 0 saturated carbocycles. The van der Waals surface area contributed by atoms with Gasteiger partial charge < -0.3 is 21.7 Å². The second kappa shape index (κ2) is 10.2. The number of benzene rings is 1. The van der Waals surface area contributed by atoms with Gasteiger partial charge in [-0.1, -0.05) is 23.7 Å². The van der Waals surface area contributed by atoms with Crippen molar-refractivity contribution in [3.05, 3.63) is 57.7 Å². The summed E-state index contributed by atoms with van der Waals surface area (Å²) in [7, 11) is 0. The molecule has 0 spiro atoms. The zero-order chi connectivity index (χ0) is 23.4. The van der Waals surface area contributed by atoms with E-state index in [1.807, 2.05) is 0 Å². The van der Waals surface area contributed by atoms with E-state index in [4.69, 9.17) is 17.3 Å². The summed E-state index contributed by atoms with van der Waals surface area (Å²) >= 11 is 5.64. The van der Waals surface area contributed by atoms with Crippen LogP contribution in [0.3, 0.4) is 0 Å². The number of pyridine rings is 1. The van der Waals surface area contributed by atoms with E-state index in [-0.39, 0.29) is 24.3 Å². The van der Waals surface area contributed by atoms with Gasteiger partial charge in [0.15, 0.2) is 0 Å². The maximum atomic E-state index is 14.1. The van der Waals surface area contributed by atoms with Crippen LogP contribution in [0, 0.1) is 24.5 Å². The Labute approximate surface area is 190 Å². The number of nitrogen functional groups attached to an aromatic ring is 1. The first-order valence-electron chi connectivity index (χ1n) is 10.3. The van der Waals surface area contributed by atoms with Gasteiger partial charge in [0.2, 0.25) is 11.8 Å². The lowest BCUT2D eigenvalue weighted by Gasteiger charge is -2.17. The topological polar surface area (TPSA) is 109 Å². The fraction of sp³-hybridized carbons (Fsp3) is 0.409. The lowest BCUT2D eigenvalue weighted by molar-refractivity contribution is -0.129. The third kappa shape index (κ3) is 5.72. The summed E-state index contributed by atoms with van der Waals surface area (Å²) in [6, 6.07) is 4.72. The lowest BCUT2D eigenvalue weighted by atomic mass is 9.96. The summed E-state index contributed by atoms with van der Waals surface area (Å²) in [5, 5.41) is 8.05. The number of hydrogen-bond donors (Lipinski definition) is 4. The van der Waals surface area contributed by atoms with Crippen LogP contribution in [-0.4, -0.2) is 35.4 Å². The third-order valence-electron chi connectivity index (χ3n) is 5.58. The van der Waals surface area contributed by atoms with Crippen molar-refractivity contribution in [2.45, 2.75) is 45.3 Å². The van der Waals surface area contributed by atoms with E-state index in [0.717, 1.165) is 17.3 Å². The average molecular weight is 466 g/mol. The fourth-order valence-electron chi connectivity index (χ4n) is 3.71. The van der Waals surface area contributed by atoms with E-state index in [1.54, 1.807) is 26.0 Å². The smallest absolute Gasteiger partial charge is 0.242 e. The van der Waals surface area contributed by atoms with Crippen molar-refractivity contribution in [2.75, 3.05) is 12.3 Å². The normalized spacial score (nSPS) is 18.9. The number of amides is 2. The van der Waals surface area contributed by atoms with E-state index >= 15 is 0 Å². The van der Waals surface area contributed by atoms with Gasteiger partial charge in [-0.3, -0.25) is 9.59 Å². The van der Waals surface area contributed by atoms with Gasteiger partial charge in [0.05, 0.1) is 6.04 Å². The van der Waals surface area contributed by atoms with Crippen LogP contribution in [-0.2, 0) is 22.6 Å². The van der Waals surface area contributed by atoms with Crippen LogP contribution in [0.25, 0.3) is 0 Å². The molecule has 2 amide bonds. The minimum Gasteiger partial charge on any atom is -0.384 e. The van der Waals surface area contributed by atoms with Gasteiger partial charge in [0.25, 0.3) is 0 Å². The number of aryl methyl sites for hydroxylation is 1. The van der Waals surface area contributed by atoms with Crippen LogP contribution in [0.1, 0.15) is 30.2 Å². The quantitative estimate of drug-likeness (QED) is 0.469. The van der Waals surface area contributed by atoms with Gasteiger partial charge in [-0.2, -0.15) is 0 Å². The Morgan fingerprint density at radius 1 is 1.28 bits per heavy atom. The van der Waals surface area contributed by atoms with Crippen molar-refractivity contribution in [1.29, 1.82) is 0 Å². The lowest BCUT2D eigenvalue weighted by Crippen LogP contribution is -2.50. The zero-order valence-corrected chi connectivity index (χ0v) is 18.6. The highest BCUT2D eigenvalue weighted by Gasteiger charge is 2.31. The van der Waals surface area contributed by atoms with Crippen LogP contribution in [0.2, 0.25) is 5.02 Å². The van der Waals surface area contributed by atoms with Gasteiger partial charge in [0.1, 0.15) is 28.5 Å². The third-order valence-corrected chi connectivity index (χ3v) is 5.93. The second-order valence-corrected chi connectivity index (χ2v) is 8.41. The molecule has 172 valence electrons. The maximum absolute atomic E-state index is 14.1. The van der Waals surface area contributed by atoms with E-state index in [9.17, 15) is 18.4 Å². The van der Waals surface area contributed by atoms with Gasteiger partial charge in [-0.05, 0) is 62.4 Å². The summed E-state index contributed by atoms with van der Waals surface area (Å²) in [6.45, 7) is 4.17. The molecule has 3 atom stereocenters. The molecule has 1 aliphatic rings. The summed E-state index contributed by atoms with van der Waals surface area (Å²) < 4.78 is 27.5. The molecule has 0 bridgehead atoms. The molecule has 32 heavy (non-hydrogen) atoms. The minimum absolute atomic E-state index is 0.0214. The zero-order valence-electron chi connectivity index (χ0n) is 17.8. The van der Waals surface area contributed by atoms with Crippen LogP contribution in [0.15, 0.2) is 24.3 Å². The molecule has 7 nitrogen and oxygen atoms in total. The summed E-state index contributed by atoms with van der Waals surface area (Å²) in [5.74, 6) is -1.82. The van der Waals surface area contributed by atoms with E-state index < -0.39 is 28.7 Å². The summed E-state index contributed by atoms with van der Waals surface area (Å²) in [6.07, 6.45) is 0.790. The largest absolute Gasteiger partial charge is 0.384 e. The molecule has 2 heterocycles. The highest BCUT2D eigenvalue weighted by molar-refractivity contribution is 6.30. The van der Waals surface area contributed by atoms with Crippen molar-refractivity contribution in [3.63, 3.8) is 0 Å². The summed E-state index contributed by atoms with van der Waals surface area (Å²) in [5.41, 5.74) is 7.49. The van der Waals surface area contributed by atoms with Crippen molar-refractivity contribution in [1.82, 2.24) is 20.9 Å². The molecule has 0 aliphatic carbocycles. The van der Waals surface area contributed by atoms with Crippen molar-refractivity contribution in [2.24, 2.45) is 5.92 Å². The molecule has 1 aromatic carbocycles.